The van der Waals surface area contributed by atoms with E-state index in [1.165, 1.54) is 10.9 Å². The zero-order valence-electron chi connectivity index (χ0n) is 10.3. The van der Waals surface area contributed by atoms with Gasteiger partial charge in [0.05, 0.1) is 12.3 Å². The van der Waals surface area contributed by atoms with Crippen LogP contribution in [0, 0.1) is 0 Å². The number of halogens is 3. The number of nitrogens with zero attached hydrogens (tertiary/aromatic N) is 2. The summed E-state index contributed by atoms with van der Waals surface area (Å²) in [5.74, 6) is 0.371. The van der Waals surface area contributed by atoms with E-state index in [1.54, 1.807) is 18.2 Å². The zero-order chi connectivity index (χ0) is 14.2. The fraction of sp³-hybridized carbons (Fsp3) is 0.214. The lowest BCUT2D eigenvalue weighted by Gasteiger charge is -2.16. The molecule has 0 saturated carbocycles. The molecular weight excluding hydrogens is 269 g/mol. The maximum absolute atomic E-state index is 12.9. The molecule has 0 N–H and O–H groups in total. The second kappa shape index (κ2) is 4.70. The molecule has 1 atom stereocenters. The minimum atomic E-state index is -4.47. The molecule has 0 amide bonds. The molecule has 2 heterocycles. The summed E-state index contributed by atoms with van der Waals surface area (Å²) in [6, 6.07) is 4.04. The van der Waals surface area contributed by atoms with Crippen LogP contribution in [-0.4, -0.2) is 9.78 Å². The maximum Gasteiger partial charge on any atom is 0.435 e. The largest absolute Gasteiger partial charge is 0.463 e. The lowest BCUT2D eigenvalue weighted by molar-refractivity contribution is -0.141. The minimum Gasteiger partial charge on any atom is -0.463 e. The Kier molecular flexibility index (Phi) is 3.00. The van der Waals surface area contributed by atoms with Crippen LogP contribution in [0.2, 0.25) is 0 Å². The highest BCUT2D eigenvalue weighted by molar-refractivity contribution is 5.54. The first-order valence-electron chi connectivity index (χ1n) is 6.09. The summed E-state index contributed by atoms with van der Waals surface area (Å²) in [5, 5.41) is 3.71. The van der Waals surface area contributed by atoms with Crippen molar-refractivity contribution >= 4 is 0 Å². The fourth-order valence-electron chi connectivity index (χ4n) is 2.14. The number of hydrogen-bond acceptors (Lipinski definition) is 2. The first-order valence-corrected chi connectivity index (χ1v) is 6.09. The molecular formula is C14H11F3N2O. The van der Waals surface area contributed by atoms with Gasteiger partial charge < -0.3 is 4.42 Å². The number of hydrogen-bond donors (Lipinski definition) is 0. The molecule has 104 valence electrons. The summed E-state index contributed by atoms with van der Waals surface area (Å²) in [5.41, 5.74) is -0.584. The highest BCUT2D eigenvalue weighted by Gasteiger charge is 2.36. The van der Waals surface area contributed by atoms with Crippen molar-refractivity contribution in [2.75, 3.05) is 0 Å². The van der Waals surface area contributed by atoms with Gasteiger partial charge in [0, 0.05) is 0 Å². The predicted molar refractivity (Wildman–Crippen MR) is 66.9 cm³/mol. The molecule has 0 aromatic carbocycles. The van der Waals surface area contributed by atoms with E-state index in [1.807, 2.05) is 18.2 Å². The molecule has 3 nitrogen and oxygen atoms in total. The molecule has 1 unspecified atom stereocenters. The van der Waals surface area contributed by atoms with Crippen LogP contribution < -0.4 is 0 Å². The van der Waals surface area contributed by atoms with Crippen LogP contribution in [0.15, 0.2) is 53.2 Å². The zero-order valence-corrected chi connectivity index (χ0v) is 10.3. The molecule has 2 aromatic heterocycles. The lowest BCUT2D eigenvalue weighted by Crippen LogP contribution is -2.12. The summed E-state index contributed by atoms with van der Waals surface area (Å²) < 4.78 is 45.1. The van der Waals surface area contributed by atoms with Crippen LogP contribution >= 0.6 is 0 Å². The molecule has 2 aromatic rings. The second-order valence-corrected chi connectivity index (χ2v) is 4.45. The second-order valence-electron chi connectivity index (χ2n) is 4.45. The van der Waals surface area contributed by atoms with Crippen LogP contribution in [0.25, 0.3) is 11.5 Å². The SMILES string of the molecule is FC(F)(F)c1cc(-c2ccco2)n(C2C=CC=CC2)n1. The van der Waals surface area contributed by atoms with Crippen LogP contribution in [0.5, 0.6) is 0 Å². The molecule has 1 aliphatic rings. The van der Waals surface area contributed by atoms with Crippen LogP contribution in [0.4, 0.5) is 13.2 Å². The number of allylic oxidation sites excluding steroid dienone is 4. The van der Waals surface area contributed by atoms with Gasteiger partial charge in [-0.05, 0) is 24.6 Å². The Balaban J connectivity index is 2.09. The molecule has 0 bridgehead atoms. The van der Waals surface area contributed by atoms with Gasteiger partial charge in [-0.15, -0.1) is 0 Å². The van der Waals surface area contributed by atoms with E-state index in [9.17, 15) is 13.2 Å². The van der Waals surface area contributed by atoms with Crippen molar-refractivity contribution < 1.29 is 17.6 Å². The van der Waals surface area contributed by atoms with Crippen molar-refractivity contribution in [2.24, 2.45) is 0 Å². The van der Waals surface area contributed by atoms with Crippen molar-refractivity contribution in [3.8, 4) is 11.5 Å². The van der Waals surface area contributed by atoms with E-state index >= 15 is 0 Å². The summed E-state index contributed by atoms with van der Waals surface area (Å²) in [4.78, 5) is 0. The monoisotopic (exact) mass is 280 g/mol. The van der Waals surface area contributed by atoms with Crippen LogP contribution in [-0.2, 0) is 6.18 Å². The van der Waals surface area contributed by atoms with Crippen molar-refractivity contribution in [1.82, 2.24) is 9.78 Å². The Morgan fingerprint density at radius 3 is 2.75 bits per heavy atom. The van der Waals surface area contributed by atoms with Crippen molar-refractivity contribution in [3.63, 3.8) is 0 Å². The molecule has 0 radical (unpaired) electrons. The first kappa shape index (κ1) is 12.8. The quantitative estimate of drug-likeness (QED) is 0.824. The van der Waals surface area contributed by atoms with Gasteiger partial charge in [-0.1, -0.05) is 24.3 Å². The predicted octanol–water partition coefficient (Wildman–Crippen LogP) is 4.22. The molecule has 0 aliphatic heterocycles. The Hall–Kier alpha value is -2.24. The van der Waals surface area contributed by atoms with E-state index in [0.717, 1.165) is 6.07 Å². The summed E-state index contributed by atoms with van der Waals surface area (Å²) in [6.45, 7) is 0. The van der Waals surface area contributed by atoms with E-state index in [-0.39, 0.29) is 6.04 Å². The van der Waals surface area contributed by atoms with E-state index in [2.05, 4.69) is 5.10 Å². The number of alkyl halides is 3. The van der Waals surface area contributed by atoms with Crippen molar-refractivity contribution in [3.05, 3.63) is 54.5 Å². The van der Waals surface area contributed by atoms with Gasteiger partial charge in [0.2, 0.25) is 0 Å². The van der Waals surface area contributed by atoms with E-state index in [4.69, 9.17) is 4.42 Å². The van der Waals surface area contributed by atoms with E-state index < -0.39 is 11.9 Å². The highest BCUT2D eigenvalue weighted by atomic mass is 19.4. The molecule has 20 heavy (non-hydrogen) atoms. The molecule has 3 rings (SSSR count). The normalized spacial score (nSPS) is 18.6. The van der Waals surface area contributed by atoms with Crippen molar-refractivity contribution in [1.29, 1.82) is 0 Å². The van der Waals surface area contributed by atoms with Gasteiger partial charge in [-0.25, -0.2) is 0 Å². The molecule has 1 aliphatic carbocycles. The van der Waals surface area contributed by atoms with Gasteiger partial charge in [0.1, 0.15) is 5.69 Å². The lowest BCUT2D eigenvalue weighted by atomic mass is 10.1. The molecule has 0 saturated heterocycles. The third kappa shape index (κ3) is 2.29. The van der Waals surface area contributed by atoms with Gasteiger partial charge >= 0.3 is 6.18 Å². The van der Waals surface area contributed by atoms with Crippen LogP contribution in [0.3, 0.4) is 0 Å². The third-order valence-corrected chi connectivity index (χ3v) is 3.07. The average Bonchev–Trinajstić information content (AvgIpc) is 3.08. The van der Waals surface area contributed by atoms with Crippen molar-refractivity contribution in [2.45, 2.75) is 18.6 Å². The number of aromatic nitrogens is 2. The van der Waals surface area contributed by atoms with Gasteiger partial charge in [0.15, 0.2) is 11.5 Å². The van der Waals surface area contributed by atoms with E-state index in [0.29, 0.717) is 17.9 Å². The maximum atomic E-state index is 12.9. The third-order valence-electron chi connectivity index (χ3n) is 3.07. The summed E-state index contributed by atoms with van der Waals surface area (Å²) >= 11 is 0. The Bertz CT molecular complexity index is 651. The summed E-state index contributed by atoms with van der Waals surface area (Å²) in [7, 11) is 0. The Morgan fingerprint density at radius 1 is 1.30 bits per heavy atom. The smallest absolute Gasteiger partial charge is 0.435 e. The number of furan rings is 1. The van der Waals surface area contributed by atoms with Gasteiger partial charge in [0.25, 0.3) is 0 Å². The highest BCUT2D eigenvalue weighted by Crippen LogP contribution is 2.34. The Labute approximate surface area is 113 Å². The minimum absolute atomic E-state index is 0.240. The molecule has 0 spiro atoms. The Morgan fingerprint density at radius 2 is 2.15 bits per heavy atom. The first-order chi connectivity index (χ1) is 9.55. The molecule has 6 heteroatoms. The summed E-state index contributed by atoms with van der Waals surface area (Å²) in [6.07, 6.45) is 4.93. The topological polar surface area (TPSA) is 31.0 Å². The van der Waals surface area contributed by atoms with Crippen LogP contribution in [0.1, 0.15) is 18.2 Å². The van der Waals surface area contributed by atoms with Gasteiger partial charge in [-0.3, -0.25) is 4.68 Å². The molecule has 0 fully saturated rings. The fourth-order valence-corrected chi connectivity index (χ4v) is 2.14. The average molecular weight is 280 g/mol. The number of rotatable bonds is 2. The standard InChI is InChI=1S/C14H11F3N2O/c15-14(16,17)13-9-11(12-7-4-8-20-12)19(18-13)10-5-2-1-3-6-10/h1-5,7-10H,6H2. The van der Waals surface area contributed by atoms with Gasteiger partial charge in [-0.2, -0.15) is 18.3 Å².